The van der Waals surface area contributed by atoms with E-state index in [4.69, 9.17) is 11.1 Å². The van der Waals surface area contributed by atoms with Gasteiger partial charge in [0.05, 0.1) is 0 Å². The van der Waals surface area contributed by atoms with Gasteiger partial charge in [0.25, 0.3) is 0 Å². The van der Waals surface area contributed by atoms with Crippen LogP contribution in [0.15, 0.2) is 48.5 Å². The number of hydrogen-bond acceptors (Lipinski definition) is 1. The van der Waals surface area contributed by atoms with Crippen molar-refractivity contribution in [3.8, 4) is 0 Å². The van der Waals surface area contributed by atoms with E-state index in [1.165, 1.54) is 0 Å². The molecule has 0 atom stereocenters. The van der Waals surface area contributed by atoms with Gasteiger partial charge in [-0.2, -0.15) is 0 Å². The second kappa shape index (κ2) is 4.92. The van der Waals surface area contributed by atoms with Crippen molar-refractivity contribution < 1.29 is 0 Å². The summed E-state index contributed by atoms with van der Waals surface area (Å²) in [4.78, 5) is 1.74. The van der Waals surface area contributed by atoms with Crippen molar-refractivity contribution >= 4 is 17.3 Å². The lowest BCUT2D eigenvalue weighted by atomic mass is 10.1. The molecule has 0 amide bonds. The summed E-state index contributed by atoms with van der Waals surface area (Å²) in [6.45, 7) is 4.05. The van der Waals surface area contributed by atoms with Crippen LogP contribution in [0.2, 0.25) is 0 Å². The molecule has 0 spiro atoms. The zero-order chi connectivity index (χ0) is 13.1. The van der Waals surface area contributed by atoms with Crippen LogP contribution in [0.4, 0.5) is 11.4 Å². The normalized spacial score (nSPS) is 10.1. The first-order chi connectivity index (χ1) is 8.58. The average Bonchev–Trinajstić information content (AvgIpc) is 2.28. The summed E-state index contributed by atoms with van der Waals surface area (Å²) in [5.41, 5.74) is 9.82. The van der Waals surface area contributed by atoms with Crippen LogP contribution in [0.3, 0.4) is 0 Å². The fourth-order valence-electron chi connectivity index (χ4n) is 1.96. The Kier molecular flexibility index (Phi) is 3.33. The van der Waals surface area contributed by atoms with Crippen molar-refractivity contribution in [1.29, 1.82) is 5.41 Å². The van der Waals surface area contributed by atoms with Crippen molar-refractivity contribution in [1.82, 2.24) is 0 Å². The Morgan fingerprint density at radius 3 is 1.72 bits per heavy atom. The van der Waals surface area contributed by atoms with E-state index in [-0.39, 0.29) is 5.96 Å². The van der Waals surface area contributed by atoms with E-state index in [9.17, 15) is 0 Å². The van der Waals surface area contributed by atoms with Gasteiger partial charge in [0, 0.05) is 11.4 Å². The summed E-state index contributed by atoms with van der Waals surface area (Å²) >= 11 is 0. The summed E-state index contributed by atoms with van der Waals surface area (Å²) in [6, 6.07) is 15.9. The molecule has 0 aromatic heterocycles. The molecule has 0 unspecified atom stereocenters. The SMILES string of the molecule is Cc1cccc(N(C(=N)N)c2cccc(C)c2)c1. The minimum atomic E-state index is 0.0196. The highest BCUT2D eigenvalue weighted by molar-refractivity contribution is 5.99. The Bertz CT molecular complexity index is 530. The number of benzene rings is 2. The molecule has 0 aliphatic heterocycles. The Labute approximate surface area is 107 Å². The molecular weight excluding hydrogens is 222 g/mol. The molecule has 0 saturated carbocycles. The van der Waals surface area contributed by atoms with Crippen molar-refractivity contribution in [2.24, 2.45) is 5.73 Å². The van der Waals surface area contributed by atoms with Crippen LogP contribution in [0, 0.1) is 19.3 Å². The standard InChI is InChI=1S/C15H17N3/c1-11-5-3-7-13(9-11)18(15(16)17)14-8-4-6-12(2)10-14/h3-10H,1-2H3,(H3,16,17). The number of hydrogen-bond donors (Lipinski definition) is 2. The van der Waals surface area contributed by atoms with E-state index < -0.39 is 0 Å². The topological polar surface area (TPSA) is 53.1 Å². The third-order valence-corrected chi connectivity index (χ3v) is 2.76. The zero-order valence-electron chi connectivity index (χ0n) is 10.6. The molecule has 2 aromatic rings. The quantitative estimate of drug-likeness (QED) is 0.624. The van der Waals surface area contributed by atoms with E-state index in [0.717, 1.165) is 22.5 Å². The Morgan fingerprint density at radius 1 is 0.944 bits per heavy atom. The summed E-state index contributed by atoms with van der Waals surface area (Å²) in [7, 11) is 0. The second-order valence-corrected chi connectivity index (χ2v) is 4.40. The Hall–Kier alpha value is -2.29. The van der Waals surface area contributed by atoms with Gasteiger partial charge in [-0.1, -0.05) is 24.3 Å². The largest absolute Gasteiger partial charge is 0.369 e. The molecule has 0 aliphatic carbocycles. The number of aryl methyl sites for hydroxylation is 2. The molecule has 0 saturated heterocycles. The molecule has 3 heteroatoms. The first kappa shape index (κ1) is 12.2. The van der Waals surface area contributed by atoms with Crippen LogP contribution in [0.25, 0.3) is 0 Å². The van der Waals surface area contributed by atoms with E-state index in [1.807, 2.05) is 62.4 Å². The van der Waals surface area contributed by atoms with Gasteiger partial charge in [-0.3, -0.25) is 10.3 Å². The third kappa shape index (κ3) is 2.51. The fraction of sp³-hybridized carbons (Fsp3) is 0.133. The minimum absolute atomic E-state index is 0.0196. The second-order valence-electron chi connectivity index (χ2n) is 4.40. The average molecular weight is 239 g/mol. The van der Waals surface area contributed by atoms with Gasteiger partial charge in [0.1, 0.15) is 0 Å². The molecule has 2 aromatic carbocycles. The number of nitrogens with one attached hydrogen (secondary N) is 1. The zero-order valence-corrected chi connectivity index (χ0v) is 10.6. The molecule has 0 radical (unpaired) electrons. The summed E-state index contributed by atoms with van der Waals surface area (Å²) < 4.78 is 0. The predicted octanol–water partition coefficient (Wildman–Crippen LogP) is 3.34. The summed E-state index contributed by atoms with van der Waals surface area (Å²) in [5.74, 6) is 0.0196. The van der Waals surface area contributed by atoms with E-state index in [2.05, 4.69) is 0 Å². The van der Waals surface area contributed by atoms with Gasteiger partial charge in [-0.15, -0.1) is 0 Å². The molecule has 2 rings (SSSR count). The Balaban J connectivity index is 2.50. The Morgan fingerprint density at radius 2 is 1.39 bits per heavy atom. The number of anilines is 2. The maximum atomic E-state index is 7.77. The number of rotatable bonds is 2. The van der Waals surface area contributed by atoms with Gasteiger partial charge in [-0.05, 0) is 49.2 Å². The molecule has 0 heterocycles. The smallest absolute Gasteiger partial charge is 0.197 e. The molecule has 92 valence electrons. The fourth-order valence-corrected chi connectivity index (χ4v) is 1.96. The number of guanidine groups is 1. The van der Waals surface area contributed by atoms with E-state index >= 15 is 0 Å². The highest BCUT2D eigenvalue weighted by Gasteiger charge is 2.12. The number of nitrogens with zero attached hydrogens (tertiary/aromatic N) is 1. The molecule has 0 bridgehead atoms. The first-order valence-corrected chi connectivity index (χ1v) is 5.85. The maximum absolute atomic E-state index is 7.77. The van der Waals surface area contributed by atoms with Crippen molar-refractivity contribution in [2.75, 3.05) is 4.90 Å². The lowest BCUT2D eigenvalue weighted by Crippen LogP contribution is -2.32. The van der Waals surface area contributed by atoms with Crippen LogP contribution in [0.5, 0.6) is 0 Å². The van der Waals surface area contributed by atoms with Gasteiger partial charge in [0.15, 0.2) is 5.96 Å². The van der Waals surface area contributed by atoms with Crippen LogP contribution in [-0.4, -0.2) is 5.96 Å². The van der Waals surface area contributed by atoms with Gasteiger partial charge in [-0.25, -0.2) is 0 Å². The molecule has 3 nitrogen and oxygen atoms in total. The predicted molar refractivity (Wildman–Crippen MR) is 76.4 cm³/mol. The first-order valence-electron chi connectivity index (χ1n) is 5.85. The molecule has 18 heavy (non-hydrogen) atoms. The van der Waals surface area contributed by atoms with Crippen LogP contribution >= 0.6 is 0 Å². The monoisotopic (exact) mass is 239 g/mol. The summed E-state index contributed by atoms with van der Waals surface area (Å²) in [5, 5.41) is 7.77. The van der Waals surface area contributed by atoms with Crippen molar-refractivity contribution in [3.63, 3.8) is 0 Å². The van der Waals surface area contributed by atoms with Crippen molar-refractivity contribution in [2.45, 2.75) is 13.8 Å². The van der Waals surface area contributed by atoms with Gasteiger partial charge in [0.2, 0.25) is 0 Å². The summed E-state index contributed by atoms with van der Waals surface area (Å²) in [6.07, 6.45) is 0. The van der Waals surface area contributed by atoms with E-state index in [0.29, 0.717) is 0 Å². The number of nitrogens with two attached hydrogens (primary N) is 1. The highest BCUT2D eigenvalue weighted by atomic mass is 15.2. The minimum Gasteiger partial charge on any atom is -0.369 e. The maximum Gasteiger partial charge on any atom is 0.197 e. The molecule has 3 N–H and O–H groups in total. The lowest BCUT2D eigenvalue weighted by Gasteiger charge is -2.23. The molecule has 0 fully saturated rings. The van der Waals surface area contributed by atoms with Crippen LogP contribution in [-0.2, 0) is 0 Å². The van der Waals surface area contributed by atoms with E-state index in [1.54, 1.807) is 4.90 Å². The van der Waals surface area contributed by atoms with Crippen molar-refractivity contribution in [3.05, 3.63) is 59.7 Å². The highest BCUT2D eigenvalue weighted by Crippen LogP contribution is 2.26. The van der Waals surface area contributed by atoms with Crippen LogP contribution < -0.4 is 10.6 Å². The van der Waals surface area contributed by atoms with Crippen LogP contribution in [0.1, 0.15) is 11.1 Å². The third-order valence-electron chi connectivity index (χ3n) is 2.76. The lowest BCUT2D eigenvalue weighted by molar-refractivity contribution is 1.24. The molecular formula is C15H17N3. The molecule has 0 aliphatic rings. The van der Waals surface area contributed by atoms with Gasteiger partial charge < -0.3 is 5.73 Å². The van der Waals surface area contributed by atoms with Gasteiger partial charge >= 0.3 is 0 Å².